The van der Waals surface area contributed by atoms with E-state index < -0.39 is 6.04 Å². The maximum atomic E-state index is 12.9. The highest BCUT2D eigenvalue weighted by atomic mass is 16.5. The molecule has 1 unspecified atom stereocenters. The number of methoxy groups -OCH3 is 1. The van der Waals surface area contributed by atoms with E-state index in [1.807, 2.05) is 49.2 Å². The second kappa shape index (κ2) is 10.4. The average Bonchev–Trinajstić information content (AvgIpc) is 2.81. The Kier molecular flexibility index (Phi) is 7.40. The topological polar surface area (TPSA) is 67.9 Å². The van der Waals surface area contributed by atoms with Gasteiger partial charge < -0.3 is 14.8 Å². The highest BCUT2D eigenvalue weighted by Crippen LogP contribution is 2.24. The van der Waals surface area contributed by atoms with Crippen molar-refractivity contribution in [1.29, 1.82) is 0 Å². The Labute approximate surface area is 182 Å². The molecule has 1 N–H and O–H groups in total. The van der Waals surface area contributed by atoms with Crippen molar-refractivity contribution in [2.75, 3.05) is 26.0 Å². The number of carbonyl (C=O) groups excluding carboxylic acids is 2. The van der Waals surface area contributed by atoms with E-state index in [-0.39, 0.29) is 11.9 Å². The fraction of sp³-hybridized carbons (Fsp3) is 0.200. The molecule has 0 aliphatic carbocycles. The Hall–Kier alpha value is -3.64. The molecule has 1 atom stereocenters. The van der Waals surface area contributed by atoms with Gasteiger partial charge in [-0.05, 0) is 55.6 Å². The van der Waals surface area contributed by atoms with Crippen LogP contribution in [0.15, 0.2) is 78.9 Å². The zero-order chi connectivity index (χ0) is 22.2. The van der Waals surface area contributed by atoms with Crippen molar-refractivity contribution in [3.8, 4) is 11.5 Å². The predicted molar refractivity (Wildman–Crippen MR) is 121 cm³/mol. The Morgan fingerprint density at radius 1 is 0.935 bits per heavy atom. The molecule has 0 heterocycles. The summed E-state index contributed by atoms with van der Waals surface area (Å²) in [5.74, 6) is 0.264. The van der Waals surface area contributed by atoms with E-state index in [4.69, 9.17) is 9.47 Å². The normalized spacial score (nSPS) is 11.6. The minimum absolute atomic E-state index is 0.282. The Bertz CT molecular complexity index is 1020. The number of benzene rings is 3. The van der Waals surface area contributed by atoms with E-state index in [2.05, 4.69) is 5.32 Å². The Morgan fingerprint density at radius 2 is 1.58 bits per heavy atom. The molecule has 3 rings (SSSR count). The van der Waals surface area contributed by atoms with Crippen molar-refractivity contribution in [3.63, 3.8) is 0 Å². The van der Waals surface area contributed by atoms with Crippen LogP contribution in [0.2, 0.25) is 0 Å². The average molecular weight is 418 g/mol. The lowest BCUT2D eigenvalue weighted by molar-refractivity contribution is -0.140. The molecule has 3 aromatic carbocycles. The van der Waals surface area contributed by atoms with Gasteiger partial charge in [0.2, 0.25) is 0 Å². The van der Waals surface area contributed by atoms with Crippen molar-refractivity contribution in [2.45, 2.75) is 13.0 Å². The van der Waals surface area contributed by atoms with Gasteiger partial charge in [-0.25, -0.2) is 4.79 Å². The number of carbonyl (C=O) groups is 2. The first-order valence-electron chi connectivity index (χ1n) is 10.0. The smallest absolute Gasteiger partial charge is 0.333 e. The summed E-state index contributed by atoms with van der Waals surface area (Å²) in [4.78, 5) is 27.3. The first kappa shape index (κ1) is 22.1. The molecule has 0 saturated heterocycles. The van der Waals surface area contributed by atoms with E-state index in [1.165, 1.54) is 7.11 Å². The number of amides is 1. The SMILES string of the molecule is CCN(C)C(C(=O)Oc1ccc(NC(=O)c2ccccc2OC)cc1)c1ccccc1. The fourth-order valence-electron chi connectivity index (χ4n) is 3.20. The van der Waals surface area contributed by atoms with Gasteiger partial charge in [-0.1, -0.05) is 49.4 Å². The number of anilines is 1. The summed E-state index contributed by atoms with van der Waals surface area (Å²) >= 11 is 0. The van der Waals surface area contributed by atoms with Gasteiger partial charge >= 0.3 is 5.97 Å². The molecule has 0 fully saturated rings. The minimum atomic E-state index is -0.504. The Balaban J connectivity index is 1.69. The lowest BCUT2D eigenvalue weighted by atomic mass is 10.1. The number of rotatable bonds is 8. The van der Waals surface area contributed by atoms with Gasteiger partial charge in [0, 0.05) is 5.69 Å². The number of likely N-dealkylation sites (N-methyl/N-ethyl adjacent to an activating group) is 1. The molecule has 31 heavy (non-hydrogen) atoms. The van der Waals surface area contributed by atoms with Gasteiger partial charge in [0.25, 0.3) is 5.91 Å². The van der Waals surface area contributed by atoms with Gasteiger partial charge in [0.05, 0.1) is 12.7 Å². The summed E-state index contributed by atoms with van der Waals surface area (Å²) in [6.07, 6.45) is 0. The molecular formula is C25H26N2O4. The maximum absolute atomic E-state index is 12.9. The van der Waals surface area contributed by atoms with Gasteiger partial charge in [-0.3, -0.25) is 9.69 Å². The zero-order valence-corrected chi connectivity index (χ0v) is 17.9. The minimum Gasteiger partial charge on any atom is -0.496 e. The number of hydrogen-bond donors (Lipinski definition) is 1. The Morgan fingerprint density at radius 3 is 2.23 bits per heavy atom. The molecule has 160 valence electrons. The van der Waals surface area contributed by atoms with Crippen LogP contribution in [-0.2, 0) is 4.79 Å². The van der Waals surface area contributed by atoms with Crippen molar-refractivity contribution < 1.29 is 19.1 Å². The van der Waals surface area contributed by atoms with Crippen molar-refractivity contribution in [2.24, 2.45) is 0 Å². The van der Waals surface area contributed by atoms with E-state index >= 15 is 0 Å². The molecule has 0 spiro atoms. The molecule has 3 aromatic rings. The maximum Gasteiger partial charge on any atom is 0.333 e. The zero-order valence-electron chi connectivity index (χ0n) is 17.9. The van der Waals surface area contributed by atoms with Crippen LogP contribution in [0, 0.1) is 0 Å². The lowest BCUT2D eigenvalue weighted by Gasteiger charge is -2.25. The van der Waals surface area contributed by atoms with Crippen LogP contribution in [0.3, 0.4) is 0 Å². The van der Waals surface area contributed by atoms with Crippen LogP contribution in [0.5, 0.6) is 11.5 Å². The van der Waals surface area contributed by atoms with Gasteiger partial charge in [0.1, 0.15) is 17.5 Å². The highest BCUT2D eigenvalue weighted by Gasteiger charge is 2.26. The van der Waals surface area contributed by atoms with Crippen LogP contribution in [0.4, 0.5) is 5.69 Å². The third-order valence-corrected chi connectivity index (χ3v) is 4.96. The summed E-state index contributed by atoms with van der Waals surface area (Å²) in [7, 11) is 3.41. The van der Waals surface area contributed by atoms with Gasteiger partial charge in [0.15, 0.2) is 0 Å². The van der Waals surface area contributed by atoms with E-state index in [9.17, 15) is 9.59 Å². The molecule has 0 bridgehead atoms. The van der Waals surface area contributed by atoms with E-state index in [0.717, 1.165) is 5.56 Å². The highest BCUT2D eigenvalue weighted by molar-refractivity contribution is 6.06. The number of esters is 1. The summed E-state index contributed by atoms with van der Waals surface area (Å²) < 4.78 is 10.9. The number of para-hydroxylation sites is 1. The van der Waals surface area contributed by atoms with Crippen LogP contribution in [0.1, 0.15) is 28.9 Å². The summed E-state index contributed by atoms with van der Waals surface area (Å²) in [5, 5.41) is 2.82. The fourth-order valence-corrected chi connectivity index (χ4v) is 3.20. The molecular weight excluding hydrogens is 392 g/mol. The van der Waals surface area contributed by atoms with E-state index in [0.29, 0.717) is 29.3 Å². The first-order chi connectivity index (χ1) is 15.0. The van der Waals surface area contributed by atoms with Crippen LogP contribution >= 0.6 is 0 Å². The quantitative estimate of drug-likeness (QED) is 0.430. The molecule has 1 amide bonds. The molecule has 6 heteroatoms. The predicted octanol–water partition coefficient (Wildman–Crippen LogP) is 4.55. The largest absolute Gasteiger partial charge is 0.496 e. The van der Waals surface area contributed by atoms with Gasteiger partial charge in [-0.2, -0.15) is 0 Å². The molecule has 6 nitrogen and oxygen atoms in total. The molecule has 0 radical (unpaired) electrons. The van der Waals surface area contributed by atoms with Crippen molar-refractivity contribution in [3.05, 3.63) is 90.0 Å². The first-order valence-corrected chi connectivity index (χ1v) is 10.0. The summed E-state index contributed by atoms with van der Waals surface area (Å²) in [5.41, 5.74) is 1.90. The summed E-state index contributed by atoms with van der Waals surface area (Å²) in [6, 6.07) is 22.7. The molecule has 0 aliphatic rings. The third-order valence-electron chi connectivity index (χ3n) is 4.96. The van der Waals surface area contributed by atoms with Gasteiger partial charge in [-0.15, -0.1) is 0 Å². The van der Waals surface area contributed by atoms with Crippen molar-refractivity contribution >= 4 is 17.6 Å². The van der Waals surface area contributed by atoms with Crippen LogP contribution < -0.4 is 14.8 Å². The monoisotopic (exact) mass is 418 g/mol. The number of hydrogen-bond acceptors (Lipinski definition) is 5. The number of nitrogens with zero attached hydrogens (tertiary/aromatic N) is 1. The second-order valence-electron chi connectivity index (χ2n) is 6.99. The molecule has 0 aromatic heterocycles. The number of nitrogens with one attached hydrogen (secondary N) is 1. The van der Waals surface area contributed by atoms with Crippen molar-refractivity contribution in [1.82, 2.24) is 4.90 Å². The third kappa shape index (κ3) is 5.49. The number of ether oxygens (including phenoxy) is 2. The van der Waals surface area contributed by atoms with Crippen LogP contribution in [-0.4, -0.2) is 37.5 Å². The second-order valence-corrected chi connectivity index (χ2v) is 6.99. The van der Waals surface area contributed by atoms with E-state index in [1.54, 1.807) is 48.5 Å². The standard InChI is InChI=1S/C25H26N2O4/c1-4-27(2)23(18-10-6-5-7-11-18)25(29)31-20-16-14-19(15-17-20)26-24(28)21-12-8-9-13-22(21)30-3/h5-17,23H,4H2,1-3H3,(H,26,28). The molecule has 0 aliphatic heterocycles. The van der Waals surface area contributed by atoms with Crippen LogP contribution in [0.25, 0.3) is 0 Å². The lowest BCUT2D eigenvalue weighted by Crippen LogP contribution is -2.33. The summed E-state index contributed by atoms with van der Waals surface area (Å²) in [6.45, 7) is 2.69. The molecule has 0 saturated carbocycles.